The number of benzene rings is 1. The summed E-state index contributed by atoms with van der Waals surface area (Å²) in [5.74, 6) is 1.25. The van der Waals surface area contributed by atoms with Crippen molar-refractivity contribution in [3.8, 4) is 0 Å². The molecule has 0 aromatic heterocycles. The third-order valence-corrected chi connectivity index (χ3v) is 8.30. The van der Waals surface area contributed by atoms with Gasteiger partial charge in [0, 0.05) is 0 Å². The number of esters is 1. The first-order valence-electron chi connectivity index (χ1n) is 9.41. The van der Waals surface area contributed by atoms with Gasteiger partial charge in [0.1, 0.15) is 0 Å². The van der Waals surface area contributed by atoms with Gasteiger partial charge in [-0.3, -0.25) is 0 Å². The van der Waals surface area contributed by atoms with Gasteiger partial charge in [0.05, 0.1) is 0 Å². The molecule has 4 heteroatoms. The molecule has 0 aliphatic heterocycles. The number of nitrogens with zero attached hydrogens (tertiary/aromatic N) is 1. The molecule has 2 fully saturated rings. The minimum atomic E-state index is -0.178. The van der Waals surface area contributed by atoms with Crippen molar-refractivity contribution < 1.29 is 9.53 Å². The zero-order valence-electron chi connectivity index (χ0n) is 15.9. The SMILES string of the molecule is C[C@@H]([C]1[CH][CH][CH][C]1[Se][C@H]1CCCC[C@@H]1OC(=O)c1ccccc1)N(C)C. The molecule has 1 aromatic carbocycles. The molecule has 3 atom stereocenters. The second-order valence-corrected chi connectivity index (χ2v) is 9.92. The van der Waals surface area contributed by atoms with Crippen LogP contribution in [0.1, 0.15) is 43.0 Å². The summed E-state index contributed by atoms with van der Waals surface area (Å²) in [6, 6.07) is 9.77. The Morgan fingerprint density at radius 2 is 1.88 bits per heavy atom. The summed E-state index contributed by atoms with van der Waals surface area (Å²) in [6.45, 7) is 2.25. The van der Waals surface area contributed by atoms with Crippen LogP contribution in [0.4, 0.5) is 0 Å². The van der Waals surface area contributed by atoms with Gasteiger partial charge in [-0.15, -0.1) is 0 Å². The summed E-state index contributed by atoms with van der Waals surface area (Å²) in [6.07, 6.45) is 11.3. The van der Waals surface area contributed by atoms with Crippen LogP contribution in [0.3, 0.4) is 0 Å². The number of carbonyl (C=O) groups is 1. The van der Waals surface area contributed by atoms with Gasteiger partial charge in [-0.25, -0.2) is 0 Å². The zero-order valence-corrected chi connectivity index (χ0v) is 17.6. The van der Waals surface area contributed by atoms with E-state index in [2.05, 4.69) is 45.2 Å². The van der Waals surface area contributed by atoms with Gasteiger partial charge in [0.15, 0.2) is 0 Å². The number of rotatable bonds is 6. The van der Waals surface area contributed by atoms with E-state index in [0.29, 0.717) is 31.4 Å². The van der Waals surface area contributed by atoms with E-state index in [1.807, 2.05) is 30.3 Å². The second-order valence-electron chi connectivity index (χ2n) is 7.24. The van der Waals surface area contributed by atoms with Gasteiger partial charge >= 0.3 is 165 Å². The van der Waals surface area contributed by atoms with Crippen molar-refractivity contribution >= 4 is 20.9 Å². The van der Waals surface area contributed by atoms with Crippen molar-refractivity contribution in [1.82, 2.24) is 4.90 Å². The van der Waals surface area contributed by atoms with Crippen molar-refractivity contribution in [1.29, 1.82) is 0 Å². The number of ether oxygens (including phenoxy) is 1. The van der Waals surface area contributed by atoms with Crippen LogP contribution < -0.4 is 0 Å². The molecule has 0 saturated heterocycles. The second kappa shape index (κ2) is 9.39. The van der Waals surface area contributed by atoms with E-state index in [1.54, 1.807) is 0 Å². The summed E-state index contributed by atoms with van der Waals surface area (Å²) in [5, 5.41) is 0. The normalized spacial score (nSPS) is 26.2. The van der Waals surface area contributed by atoms with E-state index >= 15 is 0 Å². The van der Waals surface area contributed by atoms with Gasteiger partial charge in [-0.1, -0.05) is 0 Å². The molecule has 0 unspecified atom stereocenters. The number of hydrogen-bond donors (Lipinski definition) is 0. The van der Waals surface area contributed by atoms with E-state index in [-0.39, 0.29) is 12.1 Å². The van der Waals surface area contributed by atoms with Gasteiger partial charge in [-0.2, -0.15) is 0 Å². The molecule has 1 aromatic rings. The summed E-state index contributed by atoms with van der Waals surface area (Å²) < 4.78 is 5.95. The summed E-state index contributed by atoms with van der Waals surface area (Å²) in [4.78, 5) is 16.7. The Hall–Kier alpha value is -0.831. The van der Waals surface area contributed by atoms with Crippen molar-refractivity contribution in [2.45, 2.75) is 49.6 Å². The van der Waals surface area contributed by atoms with Crippen LogP contribution in [0.5, 0.6) is 0 Å². The topological polar surface area (TPSA) is 29.5 Å². The molecule has 0 amide bonds. The number of hydrogen-bond acceptors (Lipinski definition) is 3. The van der Waals surface area contributed by atoms with E-state index in [0.717, 1.165) is 19.3 Å². The van der Waals surface area contributed by atoms with Crippen molar-refractivity contribution in [2.75, 3.05) is 14.1 Å². The van der Waals surface area contributed by atoms with Gasteiger partial charge in [0.25, 0.3) is 0 Å². The first-order valence-corrected chi connectivity index (χ1v) is 11.3. The Balaban J connectivity index is 1.62. The van der Waals surface area contributed by atoms with Crippen LogP contribution in [0, 0.1) is 30.0 Å². The predicted molar refractivity (Wildman–Crippen MR) is 106 cm³/mol. The Bertz CT molecular complexity index is 577. The van der Waals surface area contributed by atoms with Crippen molar-refractivity contribution in [3.05, 3.63) is 65.9 Å². The zero-order chi connectivity index (χ0) is 18.5. The molecule has 26 heavy (non-hydrogen) atoms. The third kappa shape index (κ3) is 4.91. The molecule has 5 radical (unpaired) electrons. The van der Waals surface area contributed by atoms with Crippen molar-refractivity contribution in [3.63, 3.8) is 0 Å². The van der Waals surface area contributed by atoms with Crippen LogP contribution in [0.15, 0.2) is 30.3 Å². The van der Waals surface area contributed by atoms with Gasteiger partial charge < -0.3 is 0 Å². The van der Waals surface area contributed by atoms with Crippen LogP contribution in [-0.2, 0) is 4.74 Å². The Morgan fingerprint density at radius 3 is 2.62 bits per heavy atom. The van der Waals surface area contributed by atoms with E-state index < -0.39 is 0 Å². The summed E-state index contributed by atoms with van der Waals surface area (Å²) in [5.41, 5.74) is 0.652. The average Bonchev–Trinajstić information content (AvgIpc) is 3.11. The molecular weight excluding hydrogens is 389 g/mol. The molecular formula is C22H28NO2Se. The van der Waals surface area contributed by atoms with E-state index in [4.69, 9.17) is 4.74 Å². The van der Waals surface area contributed by atoms with Crippen LogP contribution >= 0.6 is 0 Å². The molecule has 0 N–H and O–H groups in total. The van der Waals surface area contributed by atoms with Gasteiger partial charge in [0.2, 0.25) is 0 Å². The Morgan fingerprint density at radius 1 is 1.15 bits per heavy atom. The molecule has 3 rings (SSSR count). The fraction of sp³-hybridized carbons (Fsp3) is 0.455. The molecule has 0 bridgehead atoms. The van der Waals surface area contributed by atoms with Crippen LogP contribution in [0.2, 0.25) is 4.82 Å². The summed E-state index contributed by atoms with van der Waals surface area (Å²) >= 11 is 0.325. The quantitative estimate of drug-likeness (QED) is 0.518. The Labute approximate surface area is 165 Å². The number of carbonyl (C=O) groups excluding carboxylic acids is 1. The monoisotopic (exact) mass is 418 g/mol. The molecule has 0 heterocycles. The molecule has 2 aliphatic rings. The maximum atomic E-state index is 12.5. The minimum absolute atomic E-state index is 0.0499. The van der Waals surface area contributed by atoms with Crippen LogP contribution in [-0.4, -0.2) is 52.1 Å². The molecule has 2 saturated carbocycles. The molecule has 0 spiro atoms. The predicted octanol–water partition coefficient (Wildman–Crippen LogP) is 3.96. The first-order chi connectivity index (χ1) is 12.6. The van der Waals surface area contributed by atoms with Gasteiger partial charge in [-0.05, 0) is 0 Å². The van der Waals surface area contributed by atoms with E-state index in [1.165, 1.54) is 17.2 Å². The van der Waals surface area contributed by atoms with Crippen LogP contribution in [0.25, 0.3) is 0 Å². The molecule has 139 valence electrons. The fourth-order valence-corrected chi connectivity index (χ4v) is 6.54. The van der Waals surface area contributed by atoms with E-state index in [9.17, 15) is 4.79 Å². The Kier molecular flexibility index (Phi) is 7.19. The molecule has 3 nitrogen and oxygen atoms in total. The average molecular weight is 417 g/mol. The standard InChI is InChI=1S/C22H28NO2Se/c1-16(23(2)3)18-12-9-15-20(18)26-21-14-8-7-13-19(21)25-22(24)17-10-5-4-6-11-17/h4-6,9-12,15-16,19,21H,7-8,13-14H2,1-3H3/t16-,19-,21-/m0/s1. The molecule has 2 aliphatic carbocycles. The third-order valence-electron chi connectivity index (χ3n) is 5.22. The fourth-order valence-electron chi connectivity index (χ4n) is 3.42. The van der Waals surface area contributed by atoms with Crippen molar-refractivity contribution in [2.24, 2.45) is 0 Å². The summed E-state index contributed by atoms with van der Waals surface area (Å²) in [7, 11) is 4.25. The first kappa shape index (κ1) is 19.9. The maximum absolute atomic E-state index is 12.5.